The van der Waals surface area contributed by atoms with Gasteiger partial charge in [-0.05, 0) is 6.08 Å². The van der Waals surface area contributed by atoms with Gasteiger partial charge in [0.25, 0.3) is 0 Å². The van der Waals surface area contributed by atoms with Crippen molar-refractivity contribution in [3.8, 4) is 0 Å². The summed E-state index contributed by atoms with van der Waals surface area (Å²) in [6.45, 7) is 7.62. The lowest BCUT2D eigenvalue weighted by atomic mass is 10.6. The van der Waals surface area contributed by atoms with Gasteiger partial charge in [0.05, 0.1) is 0 Å². The molecule has 0 saturated carbocycles. The van der Waals surface area contributed by atoms with Crippen LogP contribution in [0.15, 0.2) is 25.3 Å². The van der Waals surface area contributed by atoms with Crippen LogP contribution in [0.4, 0.5) is 0 Å². The summed E-state index contributed by atoms with van der Waals surface area (Å²) in [7, 11) is 0. The van der Waals surface area contributed by atoms with Gasteiger partial charge in [0.2, 0.25) is 5.91 Å². The Labute approximate surface area is 71.7 Å². The molecule has 0 aromatic heterocycles. The van der Waals surface area contributed by atoms with Crippen LogP contribution in [0.5, 0.6) is 0 Å². The Morgan fingerprint density at radius 2 is 2.27 bits per heavy atom. The quantitative estimate of drug-likeness (QED) is 0.370. The van der Waals surface area contributed by atoms with Gasteiger partial charge in [0.15, 0.2) is 0 Å². The highest BCUT2D eigenvalue weighted by molar-refractivity contribution is 7.99. The van der Waals surface area contributed by atoms with Crippen molar-refractivity contribution in [1.82, 2.24) is 5.32 Å². The van der Waals surface area contributed by atoms with Gasteiger partial charge >= 0.3 is 0 Å². The third-order valence-electron chi connectivity index (χ3n) is 0.967. The number of rotatable bonds is 6. The summed E-state index contributed by atoms with van der Waals surface area (Å²) in [6.07, 6.45) is 3.12. The van der Waals surface area contributed by atoms with Gasteiger partial charge in [0.1, 0.15) is 0 Å². The fourth-order valence-electron chi connectivity index (χ4n) is 0.485. The Bertz CT molecular complexity index is 145. The summed E-state index contributed by atoms with van der Waals surface area (Å²) in [4.78, 5) is 10.6. The molecule has 11 heavy (non-hydrogen) atoms. The first-order chi connectivity index (χ1) is 5.31. The molecule has 62 valence electrons. The summed E-state index contributed by atoms with van der Waals surface area (Å²) in [6, 6.07) is 0. The fourth-order valence-corrected chi connectivity index (χ4v) is 1.06. The van der Waals surface area contributed by atoms with Crippen LogP contribution in [0, 0.1) is 0 Å². The SMILES string of the molecule is C=CCSCCNC(=O)C=C. The van der Waals surface area contributed by atoms with E-state index in [1.54, 1.807) is 11.8 Å². The summed E-state index contributed by atoms with van der Waals surface area (Å²) < 4.78 is 0. The van der Waals surface area contributed by atoms with Crippen molar-refractivity contribution in [1.29, 1.82) is 0 Å². The van der Waals surface area contributed by atoms with E-state index in [2.05, 4.69) is 18.5 Å². The lowest BCUT2D eigenvalue weighted by molar-refractivity contribution is -0.116. The highest BCUT2D eigenvalue weighted by Gasteiger charge is 1.90. The molecule has 1 amide bonds. The van der Waals surface area contributed by atoms with Crippen LogP contribution in [0.2, 0.25) is 0 Å². The van der Waals surface area contributed by atoms with E-state index < -0.39 is 0 Å². The third-order valence-corrected chi connectivity index (χ3v) is 1.93. The molecule has 3 heteroatoms. The Kier molecular flexibility index (Phi) is 6.94. The molecule has 0 aliphatic carbocycles. The predicted octanol–water partition coefficient (Wildman–Crippen LogP) is 1.21. The number of hydrogen-bond acceptors (Lipinski definition) is 2. The van der Waals surface area contributed by atoms with Crippen molar-refractivity contribution in [3.05, 3.63) is 25.3 Å². The molecule has 1 N–H and O–H groups in total. The molecule has 0 rings (SSSR count). The maximum absolute atomic E-state index is 10.6. The second-order valence-corrected chi connectivity index (χ2v) is 3.01. The normalized spacial score (nSPS) is 8.73. The Morgan fingerprint density at radius 1 is 1.55 bits per heavy atom. The van der Waals surface area contributed by atoms with Crippen LogP contribution in [-0.2, 0) is 4.79 Å². The van der Waals surface area contributed by atoms with Crippen LogP contribution in [0.1, 0.15) is 0 Å². The number of carbonyl (C=O) groups is 1. The second kappa shape index (κ2) is 7.41. The summed E-state index contributed by atoms with van der Waals surface area (Å²) >= 11 is 1.74. The largest absolute Gasteiger partial charge is 0.352 e. The maximum atomic E-state index is 10.6. The molecule has 0 aliphatic rings. The smallest absolute Gasteiger partial charge is 0.243 e. The first-order valence-electron chi connectivity index (χ1n) is 3.40. The Balaban J connectivity index is 3.07. The Hall–Kier alpha value is -0.700. The van der Waals surface area contributed by atoms with Crippen molar-refractivity contribution in [3.63, 3.8) is 0 Å². The average Bonchev–Trinajstić information content (AvgIpc) is 2.04. The number of amides is 1. The molecule has 0 atom stereocenters. The molecular formula is C8H13NOS. The predicted molar refractivity (Wildman–Crippen MR) is 50.7 cm³/mol. The molecule has 0 fully saturated rings. The topological polar surface area (TPSA) is 29.1 Å². The lowest BCUT2D eigenvalue weighted by Crippen LogP contribution is -2.23. The molecule has 0 bridgehead atoms. The van der Waals surface area contributed by atoms with E-state index >= 15 is 0 Å². The van der Waals surface area contributed by atoms with E-state index in [1.807, 2.05) is 6.08 Å². The number of carbonyl (C=O) groups excluding carboxylic acids is 1. The lowest BCUT2D eigenvalue weighted by Gasteiger charge is -1.99. The Morgan fingerprint density at radius 3 is 2.82 bits per heavy atom. The molecule has 2 nitrogen and oxygen atoms in total. The van der Waals surface area contributed by atoms with Crippen molar-refractivity contribution in [2.75, 3.05) is 18.1 Å². The van der Waals surface area contributed by atoms with Gasteiger partial charge in [0, 0.05) is 18.1 Å². The van der Waals surface area contributed by atoms with E-state index in [9.17, 15) is 4.79 Å². The van der Waals surface area contributed by atoms with E-state index in [4.69, 9.17) is 0 Å². The number of nitrogens with one attached hydrogen (secondary N) is 1. The molecule has 0 saturated heterocycles. The van der Waals surface area contributed by atoms with Crippen LogP contribution >= 0.6 is 11.8 Å². The molecule has 0 aromatic carbocycles. The van der Waals surface area contributed by atoms with Crippen LogP contribution in [-0.4, -0.2) is 24.0 Å². The van der Waals surface area contributed by atoms with Gasteiger partial charge < -0.3 is 5.32 Å². The third kappa shape index (κ3) is 7.19. The maximum Gasteiger partial charge on any atom is 0.243 e. The monoisotopic (exact) mass is 171 g/mol. The minimum atomic E-state index is -0.107. The van der Waals surface area contributed by atoms with E-state index in [0.717, 1.165) is 11.5 Å². The molecule has 0 aromatic rings. The molecule has 0 spiro atoms. The van der Waals surface area contributed by atoms with E-state index in [1.165, 1.54) is 6.08 Å². The molecule has 0 radical (unpaired) electrons. The molecule has 0 unspecified atom stereocenters. The first-order valence-corrected chi connectivity index (χ1v) is 4.55. The van der Waals surface area contributed by atoms with Crippen LogP contribution in [0.25, 0.3) is 0 Å². The minimum absolute atomic E-state index is 0.107. The number of hydrogen-bond donors (Lipinski definition) is 1. The van der Waals surface area contributed by atoms with Crippen molar-refractivity contribution >= 4 is 17.7 Å². The van der Waals surface area contributed by atoms with Crippen LogP contribution < -0.4 is 5.32 Å². The van der Waals surface area contributed by atoms with Gasteiger partial charge in [-0.25, -0.2) is 0 Å². The van der Waals surface area contributed by atoms with Crippen LogP contribution in [0.3, 0.4) is 0 Å². The van der Waals surface area contributed by atoms with Gasteiger partial charge in [-0.15, -0.1) is 6.58 Å². The second-order valence-electron chi connectivity index (χ2n) is 1.86. The minimum Gasteiger partial charge on any atom is -0.352 e. The zero-order valence-electron chi connectivity index (χ0n) is 6.51. The van der Waals surface area contributed by atoms with E-state index in [0.29, 0.717) is 6.54 Å². The van der Waals surface area contributed by atoms with E-state index in [-0.39, 0.29) is 5.91 Å². The van der Waals surface area contributed by atoms with Crippen molar-refractivity contribution < 1.29 is 4.79 Å². The standard InChI is InChI=1S/C8H13NOS/c1-3-6-11-7-5-9-8(10)4-2/h3-4H,1-2,5-7H2,(H,9,10). The fraction of sp³-hybridized carbons (Fsp3) is 0.375. The van der Waals surface area contributed by atoms with Crippen molar-refractivity contribution in [2.24, 2.45) is 0 Å². The summed E-state index contributed by atoms with van der Waals surface area (Å²) in [5.74, 6) is 1.75. The highest BCUT2D eigenvalue weighted by Crippen LogP contribution is 1.96. The molecular weight excluding hydrogens is 158 g/mol. The van der Waals surface area contributed by atoms with Gasteiger partial charge in [-0.3, -0.25) is 4.79 Å². The zero-order valence-corrected chi connectivity index (χ0v) is 7.32. The van der Waals surface area contributed by atoms with Gasteiger partial charge in [-0.2, -0.15) is 11.8 Å². The average molecular weight is 171 g/mol. The first kappa shape index (κ1) is 10.3. The molecule has 0 aliphatic heterocycles. The molecule has 0 heterocycles. The van der Waals surface area contributed by atoms with Crippen molar-refractivity contribution in [2.45, 2.75) is 0 Å². The zero-order chi connectivity index (χ0) is 8.53. The summed E-state index contributed by atoms with van der Waals surface area (Å²) in [5, 5.41) is 2.68. The summed E-state index contributed by atoms with van der Waals surface area (Å²) in [5.41, 5.74) is 0. The highest BCUT2D eigenvalue weighted by atomic mass is 32.2. The number of thioether (sulfide) groups is 1. The van der Waals surface area contributed by atoms with Gasteiger partial charge in [-0.1, -0.05) is 12.7 Å².